The van der Waals surface area contributed by atoms with Crippen LogP contribution >= 0.6 is 27.3 Å². The van der Waals surface area contributed by atoms with Crippen molar-refractivity contribution in [2.24, 2.45) is 0 Å². The molecule has 0 saturated heterocycles. The van der Waals surface area contributed by atoms with Gasteiger partial charge in [0.25, 0.3) is 10.0 Å². The number of nitrogens with zero attached hydrogens (tertiary/aromatic N) is 1. The van der Waals surface area contributed by atoms with Crippen LogP contribution in [0.2, 0.25) is 0 Å². The average molecular weight is 483 g/mol. The van der Waals surface area contributed by atoms with Gasteiger partial charge in [0.15, 0.2) is 0 Å². The molecular formula is C19H16BrFN2O3S2. The molecular weight excluding hydrogens is 467 g/mol. The van der Waals surface area contributed by atoms with Crippen LogP contribution in [0, 0.1) is 12.7 Å². The number of thiophene rings is 1. The molecule has 0 unspecified atom stereocenters. The molecule has 1 N–H and O–H groups in total. The highest BCUT2D eigenvalue weighted by molar-refractivity contribution is 9.10. The molecule has 0 atom stereocenters. The predicted octanol–water partition coefficient (Wildman–Crippen LogP) is 4.79. The van der Waals surface area contributed by atoms with Gasteiger partial charge in [-0.3, -0.25) is 9.10 Å². The molecule has 0 aliphatic heterocycles. The fourth-order valence-electron chi connectivity index (χ4n) is 2.49. The molecule has 9 heteroatoms. The molecule has 0 radical (unpaired) electrons. The Morgan fingerprint density at radius 3 is 2.50 bits per heavy atom. The predicted molar refractivity (Wildman–Crippen MR) is 113 cm³/mol. The standard InChI is InChI=1S/C19H16BrFN2O3S2/c1-13-11-15(6-9-17(13)20)22-18(24)12-23(16-7-4-14(21)5-8-16)28(25,26)19-3-2-10-27-19/h2-11H,12H2,1H3,(H,22,24). The maximum absolute atomic E-state index is 13.3. The minimum Gasteiger partial charge on any atom is -0.325 e. The molecule has 0 aliphatic carbocycles. The zero-order chi connectivity index (χ0) is 20.3. The summed E-state index contributed by atoms with van der Waals surface area (Å²) in [5.74, 6) is -1.00. The van der Waals surface area contributed by atoms with E-state index in [4.69, 9.17) is 0 Å². The van der Waals surface area contributed by atoms with Gasteiger partial charge in [0.1, 0.15) is 16.6 Å². The van der Waals surface area contributed by atoms with Crippen LogP contribution in [0.5, 0.6) is 0 Å². The number of halogens is 2. The molecule has 1 amide bonds. The number of aryl methyl sites for hydroxylation is 1. The van der Waals surface area contributed by atoms with Crippen LogP contribution in [0.15, 0.2) is 68.7 Å². The van der Waals surface area contributed by atoms with Crippen molar-refractivity contribution in [2.45, 2.75) is 11.1 Å². The Morgan fingerprint density at radius 2 is 1.89 bits per heavy atom. The smallest absolute Gasteiger partial charge is 0.274 e. The van der Waals surface area contributed by atoms with Crippen LogP contribution in [-0.4, -0.2) is 20.9 Å². The number of amides is 1. The van der Waals surface area contributed by atoms with E-state index in [9.17, 15) is 17.6 Å². The first-order valence-electron chi connectivity index (χ1n) is 8.15. The third-order valence-corrected chi connectivity index (χ3v) is 7.92. The summed E-state index contributed by atoms with van der Waals surface area (Å²) in [6.45, 7) is 1.44. The quantitative estimate of drug-likeness (QED) is 0.548. The summed E-state index contributed by atoms with van der Waals surface area (Å²) >= 11 is 4.44. The monoisotopic (exact) mass is 482 g/mol. The van der Waals surface area contributed by atoms with Crippen LogP contribution in [0.3, 0.4) is 0 Å². The van der Waals surface area contributed by atoms with Gasteiger partial charge in [-0.05, 0) is 66.4 Å². The molecule has 0 saturated carbocycles. The van der Waals surface area contributed by atoms with Crippen molar-refractivity contribution in [1.82, 2.24) is 0 Å². The van der Waals surface area contributed by atoms with Crippen molar-refractivity contribution >= 4 is 54.6 Å². The van der Waals surface area contributed by atoms with Gasteiger partial charge in [-0.1, -0.05) is 22.0 Å². The number of anilines is 2. The highest BCUT2D eigenvalue weighted by atomic mass is 79.9. The van der Waals surface area contributed by atoms with Crippen LogP contribution in [0.1, 0.15) is 5.56 Å². The second-order valence-corrected chi connectivity index (χ2v) is 9.82. The number of carbonyl (C=O) groups excluding carboxylic acids is 1. The summed E-state index contributed by atoms with van der Waals surface area (Å²) in [4.78, 5) is 12.6. The highest BCUT2D eigenvalue weighted by Crippen LogP contribution is 2.27. The summed E-state index contributed by atoms with van der Waals surface area (Å²) in [6.07, 6.45) is 0. The lowest BCUT2D eigenvalue weighted by atomic mass is 10.2. The second kappa shape index (κ2) is 8.42. The van der Waals surface area contributed by atoms with Crippen molar-refractivity contribution < 1.29 is 17.6 Å². The van der Waals surface area contributed by atoms with Gasteiger partial charge in [0.05, 0.1) is 5.69 Å². The number of benzene rings is 2. The Labute approximate surface area is 175 Å². The summed E-state index contributed by atoms with van der Waals surface area (Å²) in [5.41, 5.74) is 1.69. The lowest BCUT2D eigenvalue weighted by Gasteiger charge is -2.23. The van der Waals surface area contributed by atoms with Gasteiger partial charge in [0, 0.05) is 10.2 Å². The van der Waals surface area contributed by atoms with Crippen LogP contribution < -0.4 is 9.62 Å². The van der Waals surface area contributed by atoms with E-state index in [0.717, 1.165) is 37.8 Å². The van der Waals surface area contributed by atoms with E-state index in [-0.39, 0.29) is 9.90 Å². The van der Waals surface area contributed by atoms with Crippen LogP contribution in [0.4, 0.5) is 15.8 Å². The minimum atomic E-state index is -3.96. The third-order valence-electron chi connectivity index (χ3n) is 3.88. The van der Waals surface area contributed by atoms with Gasteiger partial charge >= 0.3 is 0 Å². The number of sulfonamides is 1. The molecule has 146 valence electrons. The maximum atomic E-state index is 13.3. The van der Waals surface area contributed by atoms with E-state index in [1.165, 1.54) is 18.2 Å². The van der Waals surface area contributed by atoms with Crippen LogP contribution in [0.25, 0.3) is 0 Å². The topological polar surface area (TPSA) is 66.5 Å². The van der Waals surface area contributed by atoms with E-state index in [1.807, 2.05) is 6.92 Å². The van der Waals surface area contributed by atoms with Gasteiger partial charge in [0.2, 0.25) is 5.91 Å². The molecule has 0 spiro atoms. The molecule has 28 heavy (non-hydrogen) atoms. The first-order chi connectivity index (χ1) is 13.3. The molecule has 1 aromatic heterocycles. The van der Waals surface area contributed by atoms with Crippen molar-refractivity contribution in [3.8, 4) is 0 Å². The number of hydrogen-bond donors (Lipinski definition) is 1. The summed E-state index contributed by atoms with van der Waals surface area (Å²) in [5, 5.41) is 4.34. The Kier molecular flexibility index (Phi) is 6.17. The van der Waals surface area contributed by atoms with Crippen LogP contribution in [-0.2, 0) is 14.8 Å². The summed E-state index contributed by atoms with van der Waals surface area (Å²) in [6, 6.07) is 13.3. The first kappa shape index (κ1) is 20.5. The van der Waals surface area contributed by atoms with Gasteiger partial charge in [-0.2, -0.15) is 0 Å². The largest absolute Gasteiger partial charge is 0.325 e. The zero-order valence-electron chi connectivity index (χ0n) is 14.7. The molecule has 1 heterocycles. The van der Waals surface area contributed by atoms with E-state index in [0.29, 0.717) is 5.69 Å². The number of rotatable bonds is 6. The second-order valence-electron chi connectivity index (χ2n) is 5.93. The van der Waals surface area contributed by atoms with E-state index < -0.39 is 28.3 Å². The highest BCUT2D eigenvalue weighted by Gasteiger charge is 2.28. The Hall–Kier alpha value is -2.23. The Morgan fingerprint density at radius 1 is 1.18 bits per heavy atom. The average Bonchev–Trinajstić information content (AvgIpc) is 3.19. The van der Waals surface area contributed by atoms with Gasteiger partial charge < -0.3 is 5.32 Å². The molecule has 5 nitrogen and oxygen atoms in total. The lowest BCUT2D eigenvalue weighted by molar-refractivity contribution is -0.114. The molecule has 0 bridgehead atoms. The van der Waals surface area contributed by atoms with Gasteiger partial charge in [-0.25, -0.2) is 12.8 Å². The Bertz CT molecular complexity index is 1080. The third kappa shape index (κ3) is 4.60. The van der Waals surface area contributed by atoms with E-state index >= 15 is 0 Å². The lowest BCUT2D eigenvalue weighted by Crippen LogP contribution is -2.37. The van der Waals surface area contributed by atoms with Gasteiger partial charge in [-0.15, -0.1) is 11.3 Å². The van der Waals surface area contributed by atoms with E-state index in [1.54, 1.807) is 29.6 Å². The number of hydrogen-bond acceptors (Lipinski definition) is 4. The van der Waals surface area contributed by atoms with Crippen molar-refractivity contribution in [2.75, 3.05) is 16.2 Å². The Balaban J connectivity index is 1.89. The minimum absolute atomic E-state index is 0.101. The molecule has 0 aliphatic rings. The number of carbonyl (C=O) groups is 1. The normalized spacial score (nSPS) is 11.2. The van der Waals surface area contributed by atoms with E-state index in [2.05, 4.69) is 21.2 Å². The van der Waals surface area contributed by atoms with Crippen molar-refractivity contribution in [1.29, 1.82) is 0 Å². The molecule has 3 rings (SSSR count). The first-order valence-corrected chi connectivity index (χ1v) is 11.3. The van der Waals surface area contributed by atoms with Crippen molar-refractivity contribution in [3.63, 3.8) is 0 Å². The number of nitrogens with one attached hydrogen (secondary N) is 1. The zero-order valence-corrected chi connectivity index (χ0v) is 17.9. The fourth-order valence-corrected chi connectivity index (χ4v) is 5.27. The molecule has 2 aromatic carbocycles. The molecule has 0 fully saturated rings. The molecule has 3 aromatic rings. The van der Waals surface area contributed by atoms with Crippen molar-refractivity contribution in [3.05, 3.63) is 75.8 Å². The summed E-state index contributed by atoms with van der Waals surface area (Å²) < 4.78 is 41.3. The summed E-state index contributed by atoms with van der Waals surface area (Å²) in [7, 11) is -3.96. The SMILES string of the molecule is Cc1cc(NC(=O)CN(c2ccc(F)cc2)S(=O)(=O)c2cccs2)ccc1Br. The fraction of sp³-hybridized carbons (Fsp3) is 0.105. The maximum Gasteiger partial charge on any atom is 0.274 e.